The molecule has 4 saturated carbocycles. The van der Waals surface area contributed by atoms with Gasteiger partial charge in [-0.25, -0.2) is 9.48 Å². The number of hydrogen-bond donors (Lipinski definition) is 2. The van der Waals surface area contributed by atoms with Crippen molar-refractivity contribution in [2.45, 2.75) is 71.4 Å². The molecule has 1 spiro atoms. The molecule has 2 amide bonds. The van der Waals surface area contributed by atoms with E-state index in [0.29, 0.717) is 35.8 Å². The van der Waals surface area contributed by atoms with Crippen LogP contribution in [0.1, 0.15) is 70.2 Å². The van der Waals surface area contributed by atoms with Gasteiger partial charge in [-0.05, 0) is 55.8 Å². The third kappa shape index (κ3) is 4.43. The smallest absolute Gasteiger partial charge is 0.409 e. The van der Waals surface area contributed by atoms with Crippen LogP contribution in [0.4, 0.5) is 4.79 Å². The molecule has 4 unspecified atom stereocenters. The van der Waals surface area contributed by atoms with Gasteiger partial charge in [-0.3, -0.25) is 4.79 Å². The summed E-state index contributed by atoms with van der Waals surface area (Å²) < 4.78 is 13.0. The Hall–Kier alpha value is -2.55. The summed E-state index contributed by atoms with van der Waals surface area (Å²) in [6, 6.07) is 0.0974. The average Bonchev–Trinajstić information content (AvgIpc) is 3.35. The van der Waals surface area contributed by atoms with Crippen LogP contribution in [0.2, 0.25) is 0 Å². The number of aliphatic hydroxyl groups is 1. The Morgan fingerprint density at radius 1 is 1.30 bits per heavy atom. The third-order valence-electron chi connectivity index (χ3n) is 9.12. The van der Waals surface area contributed by atoms with E-state index in [-0.39, 0.29) is 29.9 Å². The van der Waals surface area contributed by atoms with E-state index in [1.807, 2.05) is 19.9 Å². The predicted octanol–water partition coefficient (Wildman–Crippen LogP) is 3.78. The lowest BCUT2D eigenvalue weighted by Crippen LogP contribution is -2.61. The number of carbonyl (C=O) groups excluding carboxylic acids is 2. The van der Waals surface area contributed by atoms with Gasteiger partial charge in [0.1, 0.15) is 12.2 Å². The number of carbonyl (C=O) groups is 2. The summed E-state index contributed by atoms with van der Waals surface area (Å²) >= 11 is 0. The normalized spacial score (nSPS) is 33.5. The van der Waals surface area contributed by atoms with Gasteiger partial charge in [0.25, 0.3) is 5.91 Å². The first-order valence-electron chi connectivity index (χ1n) is 13.6. The second kappa shape index (κ2) is 9.03. The maximum Gasteiger partial charge on any atom is 0.409 e. The number of fused-ring (bicyclic) bond motifs is 2. The zero-order valence-corrected chi connectivity index (χ0v) is 23.0. The van der Waals surface area contributed by atoms with Crippen LogP contribution < -0.4 is 10.1 Å². The van der Waals surface area contributed by atoms with Gasteiger partial charge in [-0.15, -0.1) is 0 Å². The topological polar surface area (TPSA) is 106 Å². The van der Waals surface area contributed by atoms with Gasteiger partial charge in [0.2, 0.25) is 5.88 Å². The minimum absolute atomic E-state index is 0.0179. The fourth-order valence-corrected chi connectivity index (χ4v) is 7.46. The van der Waals surface area contributed by atoms with Crippen LogP contribution in [0.15, 0.2) is 12.3 Å². The predicted molar refractivity (Wildman–Crippen MR) is 139 cm³/mol. The SMILES string of the molecule is CC(C)COc1c(C(=O)N[C@@H]2C3CC4CC5(C3)C2C[C@@]5(O)C4)cnn1/C=C/C(C)(C)COC(=O)N(C)C. The van der Waals surface area contributed by atoms with Gasteiger partial charge in [0.15, 0.2) is 0 Å². The monoisotopic (exact) mass is 514 g/mol. The molecule has 0 aromatic carbocycles. The largest absolute Gasteiger partial charge is 0.477 e. The van der Waals surface area contributed by atoms with E-state index in [0.717, 1.165) is 32.1 Å². The summed E-state index contributed by atoms with van der Waals surface area (Å²) in [7, 11) is 3.29. The standard InChI is InChI=1S/C28H42N4O5/c1-17(2)15-36-24-20(14-29-32(24)8-7-26(3,4)16-37-25(34)31(5)6)23(33)30-22-19-9-18-10-27(12-19)21(22)13-28(27,35)11-18/h7-8,14,17-19,21-22,35H,9-13,15-16H2,1-6H3,(H,30,33)/b8-7+/t18?,19?,21?,22-,27?,28+/m1/s1. The fourth-order valence-electron chi connectivity index (χ4n) is 7.46. The molecule has 9 nitrogen and oxygen atoms in total. The molecule has 2 N–H and O–H groups in total. The van der Waals surface area contributed by atoms with E-state index in [1.165, 1.54) is 4.90 Å². The van der Waals surface area contributed by atoms with E-state index < -0.39 is 17.1 Å². The van der Waals surface area contributed by atoms with E-state index in [9.17, 15) is 14.7 Å². The van der Waals surface area contributed by atoms with Crippen LogP contribution in [0, 0.1) is 34.5 Å². The van der Waals surface area contributed by atoms with E-state index in [4.69, 9.17) is 9.47 Å². The summed E-state index contributed by atoms with van der Waals surface area (Å²) in [5.74, 6) is 1.91. The van der Waals surface area contributed by atoms with Gasteiger partial charge in [-0.2, -0.15) is 5.10 Å². The lowest BCUT2D eigenvalue weighted by atomic mass is 9.52. The summed E-state index contributed by atoms with van der Waals surface area (Å²) in [5.41, 5.74) is -0.521. The van der Waals surface area contributed by atoms with E-state index in [2.05, 4.69) is 24.3 Å². The first-order chi connectivity index (χ1) is 17.3. The first kappa shape index (κ1) is 26.1. The Morgan fingerprint density at radius 3 is 2.76 bits per heavy atom. The number of ether oxygens (including phenoxy) is 2. The van der Waals surface area contributed by atoms with E-state index >= 15 is 0 Å². The molecule has 4 aliphatic rings. The van der Waals surface area contributed by atoms with Crippen molar-refractivity contribution in [3.8, 4) is 5.88 Å². The maximum atomic E-state index is 13.6. The highest BCUT2D eigenvalue weighted by atomic mass is 16.6. The van der Waals surface area contributed by atoms with Crippen molar-refractivity contribution in [2.24, 2.45) is 34.5 Å². The minimum atomic E-state index is -0.508. The number of aromatic nitrogens is 2. The van der Waals surface area contributed by atoms with E-state index in [1.54, 1.807) is 31.2 Å². The summed E-state index contributed by atoms with van der Waals surface area (Å²) in [4.78, 5) is 26.8. The number of amides is 2. The molecule has 37 heavy (non-hydrogen) atoms. The molecule has 6 atom stereocenters. The van der Waals surface area contributed by atoms with Crippen molar-refractivity contribution < 1.29 is 24.2 Å². The molecule has 3 bridgehead atoms. The Kier molecular flexibility index (Phi) is 6.36. The molecule has 0 radical (unpaired) electrons. The molecule has 0 saturated heterocycles. The zero-order chi connectivity index (χ0) is 26.8. The summed E-state index contributed by atoms with van der Waals surface area (Å²) in [5, 5.41) is 19.0. The van der Waals surface area contributed by atoms with Crippen LogP contribution in [-0.4, -0.2) is 70.7 Å². The molecule has 1 aromatic heterocycles. The Morgan fingerprint density at radius 2 is 2.05 bits per heavy atom. The number of rotatable bonds is 9. The van der Waals surface area contributed by atoms with Gasteiger partial charge in [0, 0.05) is 37.2 Å². The molecular weight excluding hydrogens is 472 g/mol. The van der Waals surface area contributed by atoms with Crippen molar-refractivity contribution in [3.05, 3.63) is 17.8 Å². The lowest BCUT2D eigenvalue weighted by Gasteiger charge is -2.56. The Labute approximate surface area is 219 Å². The van der Waals surface area contributed by atoms with Crippen LogP contribution in [0.25, 0.3) is 6.20 Å². The molecule has 0 aliphatic heterocycles. The molecule has 1 aromatic rings. The van der Waals surface area contributed by atoms with Crippen LogP contribution in [0.5, 0.6) is 5.88 Å². The van der Waals surface area contributed by atoms with Crippen molar-refractivity contribution in [1.29, 1.82) is 0 Å². The van der Waals surface area contributed by atoms with Crippen molar-refractivity contribution in [2.75, 3.05) is 27.3 Å². The molecule has 5 rings (SSSR count). The molecule has 4 aliphatic carbocycles. The highest BCUT2D eigenvalue weighted by Crippen LogP contribution is 2.77. The lowest BCUT2D eigenvalue weighted by molar-refractivity contribution is -0.180. The molecular formula is C28H42N4O5. The average molecular weight is 515 g/mol. The second-order valence-corrected chi connectivity index (χ2v) is 13.2. The summed E-state index contributed by atoms with van der Waals surface area (Å²) in [6.07, 6.45) is 9.82. The Bertz CT molecular complexity index is 1090. The Balaban J connectivity index is 1.31. The van der Waals surface area contributed by atoms with Crippen molar-refractivity contribution in [1.82, 2.24) is 20.0 Å². The van der Waals surface area contributed by atoms with Gasteiger partial charge >= 0.3 is 6.09 Å². The van der Waals surface area contributed by atoms with Gasteiger partial charge in [-0.1, -0.05) is 33.8 Å². The molecule has 204 valence electrons. The molecule has 4 fully saturated rings. The van der Waals surface area contributed by atoms with Gasteiger partial charge in [0.05, 0.1) is 18.4 Å². The minimum Gasteiger partial charge on any atom is -0.477 e. The quantitative estimate of drug-likeness (QED) is 0.520. The number of hydrogen-bond acceptors (Lipinski definition) is 6. The van der Waals surface area contributed by atoms with Gasteiger partial charge < -0.3 is 24.8 Å². The van der Waals surface area contributed by atoms with Crippen molar-refractivity contribution >= 4 is 18.2 Å². The second-order valence-electron chi connectivity index (χ2n) is 13.2. The molecule has 1 heterocycles. The fraction of sp³-hybridized carbons (Fsp3) is 0.750. The first-order valence-corrected chi connectivity index (χ1v) is 13.6. The third-order valence-corrected chi connectivity index (χ3v) is 9.12. The van der Waals surface area contributed by atoms with Crippen molar-refractivity contribution in [3.63, 3.8) is 0 Å². The maximum absolute atomic E-state index is 13.6. The highest BCUT2D eigenvalue weighted by Gasteiger charge is 2.77. The molecule has 9 heteroatoms. The van der Waals surface area contributed by atoms with Crippen LogP contribution >= 0.6 is 0 Å². The highest BCUT2D eigenvalue weighted by molar-refractivity contribution is 5.96. The summed E-state index contributed by atoms with van der Waals surface area (Å²) in [6.45, 7) is 8.70. The number of nitrogens with one attached hydrogen (secondary N) is 1. The van der Waals surface area contributed by atoms with Crippen LogP contribution in [-0.2, 0) is 4.74 Å². The zero-order valence-electron chi connectivity index (χ0n) is 23.0. The van der Waals surface area contributed by atoms with Crippen LogP contribution in [0.3, 0.4) is 0 Å². The number of nitrogens with zero attached hydrogens (tertiary/aromatic N) is 3.